The van der Waals surface area contributed by atoms with Crippen molar-refractivity contribution in [3.8, 4) is 5.75 Å². The number of guanidine groups is 1. The van der Waals surface area contributed by atoms with Gasteiger partial charge in [0, 0.05) is 57.6 Å². The van der Waals surface area contributed by atoms with Crippen LogP contribution in [0.3, 0.4) is 0 Å². The van der Waals surface area contributed by atoms with Gasteiger partial charge in [0.15, 0.2) is 5.96 Å². The van der Waals surface area contributed by atoms with Gasteiger partial charge in [0.1, 0.15) is 5.75 Å². The molecule has 0 aromatic heterocycles. The van der Waals surface area contributed by atoms with Crippen LogP contribution in [-0.2, 0) is 0 Å². The van der Waals surface area contributed by atoms with Crippen LogP contribution >= 0.6 is 0 Å². The van der Waals surface area contributed by atoms with Gasteiger partial charge in [-0.05, 0) is 43.7 Å². The Morgan fingerprint density at radius 2 is 1.89 bits per heavy atom. The fraction of sp³-hybridized carbons (Fsp3) is 0.682. The average molecular weight is 391 g/mol. The second-order valence-electron chi connectivity index (χ2n) is 7.53. The molecule has 6 heteroatoms. The quantitative estimate of drug-likeness (QED) is 0.501. The first-order chi connectivity index (χ1) is 13.6. The first-order valence-corrected chi connectivity index (χ1v) is 10.6. The summed E-state index contributed by atoms with van der Waals surface area (Å²) in [5, 5.41) is 12.9. The Hall–Kier alpha value is -1.95. The van der Waals surface area contributed by atoms with Crippen molar-refractivity contribution in [2.24, 2.45) is 10.4 Å². The van der Waals surface area contributed by atoms with Crippen LogP contribution in [0.4, 0.5) is 5.69 Å². The van der Waals surface area contributed by atoms with E-state index in [1.54, 1.807) is 7.11 Å². The Morgan fingerprint density at radius 1 is 1.18 bits per heavy atom. The number of nitrogens with one attached hydrogen (secondary N) is 1. The highest BCUT2D eigenvalue weighted by molar-refractivity contribution is 5.80. The summed E-state index contributed by atoms with van der Waals surface area (Å²) in [6.07, 6.45) is 2.89. The molecule has 1 aromatic carbocycles. The van der Waals surface area contributed by atoms with Crippen molar-refractivity contribution in [3.63, 3.8) is 0 Å². The zero-order valence-electron chi connectivity index (χ0n) is 18.1. The number of methoxy groups -OCH3 is 1. The number of piperazine rings is 1. The Balaban J connectivity index is 2.03. The van der Waals surface area contributed by atoms with E-state index in [1.165, 1.54) is 5.69 Å². The van der Waals surface area contributed by atoms with Gasteiger partial charge in [-0.2, -0.15) is 0 Å². The standard InChI is InChI=1S/C22H38N4O2/c1-5-22(6-2,11-16-27)18-24-21(23-7-3)26-14-12-25(13-15-26)19-9-8-10-20(17-19)28-4/h8-10,17,27H,5-7,11-16,18H2,1-4H3,(H,23,24). The lowest BCUT2D eigenvalue weighted by molar-refractivity contribution is 0.175. The molecule has 1 aliphatic heterocycles. The molecule has 2 rings (SSSR count). The summed E-state index contributed by atoms with van der Waals surface area (Å²) in [6.45, 7) is 12.2. The third-order valence-electron chi connectivity index (χ3n) is 6.04. The van der Waals surface area contributed by atoms with Crippen molar-refractivity contribution in [1.29, 1.82) is 0 Å². The number of aliphatic hydroxyl groups excluding tert-OH is 1. The number of aliphatic imine (C=N–C) groups is 1. The van der Waals surface area contributed by atoms with E-state index in [0.29, 0.717) is 0 Å². The van der Waals surface area contributed by atoms with E-state index in [-0.39, 0.29) is 12.0 Å². The van der Waals surface area contributed by atoms with Crippen molar-refractivity contribution in [2.75, 3.05) is 57.9 Å². The van der Waals surface area contributed by atoms with Crippen LogP contribution in [0, 0.1) is 5.41 Å². The molecule has 28 heavy (non-hydrogen) atoms. The molecule has 1 fully saturated rings. The van der Waals surface area contributed by atoms with E-state index in [9.17, 15) is 5.11 Å². The molecule has 0 bridgehead atoms. The lowest BCUT2D eigenvalue weighted by Crippen LogP contribution is -2.52. The molecule has 2 N–H and O–H groups in total. The number of anilines is 1. The molecule has 0 atom stereocenters. The average Bonchev–Trinajstić information content (AvgIpc) is 2.76. The lowest BCUT2D eigenvalue weighted by atomic mass is 9.79. The number of aliphatic hydroxyl groups is 1. The molecule has 1 aliphatic rings. The number of hydrogen-bond acceptors (Lipinski definition) is 4. The smallest absolute Gasteiger partial charge is 0.194 e. The lowest BCUT2D eigenvalue weighted by Gasteiger charge is -2.38. The molecule has 1 heterocycles. The number of ether oxygens (including phenoxy) is 1. The third-order valence-corrected chi connectivity index (χ3v) is 6.04. The molecular weight excluding hydrogens is 352 g/mol. The molecule has 1 saturated heterocycles. The van der Waals surface area contributed by atoms with Crippen LogP contribution in [0.25, 0.3) is 0 Å². The van der Waals surface area contributed by atoms with E-state index in [2.05, 4.69) is 48.0 Å². The van der Waals surface area contributed by atoms with Gasteiger partial charge in [0.05, 0.1) is 7.11 Å². The van der Waals surface area contributed by atoms with E-state index >= 15 is 0 Å². The van der Waals surface area contributed by atoms with E-state index in [0.717, 1.165) is 70.2 Å². The van der Waals surface area contributed by atoms with E-state index in [4.69, 9.17) is 9.73 Å². The molecular formula is C22H38N4O2. The summed E-state index contributed by atoms with van der Waals surface area (Å²) in [5.74, 6) is 1.89. The number of nitrogens with zero attached hydrogens (tertiary/aromatic N) is 3. The van der Waals surface area contributed by atoms with E-state index in [1.807, 2.05) is 12.1 Å². The van der Waals surface area contributed by atoms with Crippen LogP contribution < -0.4 is 15.0 Å². The molecule has 0 radical (unpaired) electrons. The molecule has 0 amide bonds. The molecule has 0 unspecified atom stereocenters. The molecule has 0 aliphatic carbocycles. The molecule has 6 nitrogen and oxygen atoms in total. The van der Waals surface area contributed by atoms with Crippen LogP contribution in [0.15, 0.2) is 29.3 Å². The largest absolute Gasteiger partial charge is 0.497 e. The zero-order valence-corrected chi connectivity index (χ0v) is 18.1. The van der Waals surface area contributed by atoms with Gasteiger partial charge >= 0.3 is 0 Å². The fourth-order valence-electron chi connectivity index (χ4n) is 3.80. The van der Waals surface area contributed by atoms with Crippen LogP contribution in [-0.4, -0.2) is 69.0 Å². The van der Waals surface area contributed by atoms with Crippen molar-refractivity contribution < 1.29 is 9.84 Å². The first-order valence-electron chi connectivity index (χ1n) is 10.6. The van der Waals surface area contributed by atoms with Crippen molar-refractivity contribution >= 4 is 11.6 Å². The summed E-state index contributed by atoms with van der Waals surface area (Å²) in [4.78, 5) is 9.73. The second-order valence-corrected chi connectivity index (χ2v) is 7.53. The minimum atomic E-state index is 0.0951. The molecule has 158 valence electrons. The van der Waals surface area contributed by atoms with Gasteiger partial charge in [-0.1, -0.05) is 19.9 Å². The minimum Gasteiger partial charge on any atom is -0.497 e. The van der Waals surface area contributed by atoms with Crippen LogP contribution in [0.5, 0.6) is 5.75 Å². The highest BCUT2D eigenvalue weighted by Crippen LogP contribution is 2.30. The third kappa shape index (κ3) is 5.77. The van der Waals surface area contributed by atoms with Crippen molar-refractivity contribution in [2.45, 2.75) is 40.0 Å². The van der Waals surface area contributed by atoms with Gasteiger partial charge in [-0.15, -0.1) is 0 Å². The van der Waals surface area contributed by atoms with Crippen molar-refractivity contribution in [1.82, 2.24) is 10.2 Å². The first kappa shape index (κ1) is 22.3. The van der Waals surface area contributed by atoms with E-state index < -0.39 is 0 Å². The summed E-state index contributed by atoms with van der Waals surface area (Å²) >= 11 is 0. The second kappa shape index (κ2) is 11.1. The predicted octanol–water partition coefficient (Wildman–Crippen LogP) is 2.97. The van der Waals surface area contributed by atoms with Gasteiger partial charge in [-0.25, -0.2) is 0 Å². The summed E-state index contributed by atoms with van der Waals surface area (Å²) in [7, 11) is 1.71. The van der Waals surface area contributed by atoms with Crippen LogP contribution in [0.1, 0.15) is 40.0 Å². The maximum absolute atomic E-state index is 9.47. The highest BCUT2D eigenvalue weighted by Gasteiger charge is 2.26. The maximum atomic E-state index is 9.47. The normalized spacial score (nSPS) is 15.7. The Bertz CT molecular complexity index is 608. The number of hydrogen-bond donors (Lipinski definition) is 2. The van der Waals surface area contributed by atoms with Crippen molar-refractivity contribution in [3.05, 3.63) is 24.3 Å². The zero-order chi connectivity index (χ0) is 20.4. The van der Waals surface area contributed by atoms with Gasteiger partial charge in [0.2, 0.25) is 0 Å². The highest BCUT2D eigenvalue weighted by atomic mass is 16.5. The monoisotopic (exact) mass is 390 g/mol. The number of rotatable bonds is 9. The SMILES string of the molecule is CCNC(=NCC(CC)(CC)CCO)N1CCN(c2cccc(OC)c2)CC1. The molecule has 1 aromatic rings. The Morgan fingerprint density at radius 3 is 2.46 bits per heavy atom. The Labute approximate surface area is 170 Å². The summed E-state index contributed by atoms with van der Waals surface area (Å²) in [6, 6.07) is 8.27. The maximum Gasteiger partial charge on any atom is 0.194 e. The van der Waals surface area contributed by atoms with Gasteiger partial charge in [0.25, 0.3) is 0 Å². The Kier molecular flexibility index (Phi) is 8.90. The van der Waals surface area contributed by atoms with Crippen LogP contribution in [0.2, 0.25) is 0 Å². The topological polar surface area (TPSA) is 60.3 Å². The predicted molar refractivity (Wildman–Crippen MR) is 117 cm³/mol. The number of benzene rings is 1. The molecule has 0 saturated carbocycles. The summed E-state index contributed by atoms with van der Waals surface area (Å²) in [5.41, 5.74) is 1.30. The minimum absolute atomic E-state index is 0.0951. The fourth-order valence-corrected chi connectivity index (χ4v) is 3.80. The van der Waals surface area contributed by atoms with Gasteiger partial charge < -0.3 is 25.0 Å². The summed E-state index contributed by atoms with van der Waals surface area (Å²) < 4.78 is 5.36. The molecule has 0 spiro atoms. The van der Waals surface area contributed by atoms with Gasteiger partial charge in [-0.3, -0.25) is 4.99 Å².